The Kier molecular flexibility index (Phi) is 8.72. The quantitative estimate of drug-likeness (QED) is 0.308. The van der Waals surface area contributed by atoms with Crippen molar-refractivity contribution < 1.29 is 19.1 Å². The minimum atomic E-state index is -0.753. The van der Waals surface area contributed by atoms with Crippen LogP contribution in [0, 0.1) is 11.8 Å². The molecule has 1 saturated heterocycles. The van der Waals surface area contributed by atoms with Gasteiger partial charge in [0.1, 0.15) is 28.6 Å². The number of ether oxygens (including phenoxy) is 2. The van der Waals surface area contributed by atoms with Crippen LogP contribution in [0.25, 0.3) is 0 Å². The van der Waals surface area contributed by atoms with Gasteiger partial charge >= 0.3 is 0 Å². The van der Waals surface area contributed by atoms with Crippen LogP contribution in [0.2, 0.25) is 0 Å². The lowest BCUT2D eigenvalue weighted by Crippen LogP contribution is -2.32. The molecule has 1 fully saturated rings. The van der Waals surface area contributed by atoms with Crippen LogP contribution in [-0.2, 0) is 9.59 Å². The second kappa shape index (κ2) is 11.5. The van der Waals surface area contributed by atoms with E-state index in [9.17, 15) is 9.59 Å². The van der Waals surface area contributed by atoms with Crippen LogP contribution >= 0.6 is 0 Å². The van der Waals surface area contributed by atoms with E-state index in [0.717, 1.165) is 0 Å². The molecule has 1 heterocycles. The fraction of sp³-hybridized carbons (Fsp3) is 0.348. The van der Waals surface area contributed by atoms with Crippen molar-refractivity contribution in [2.45, 2.75) is 19.4 Å². The summed E-state index contributed by atoms with van der Waals surface area (Å²) in [6.45, 7) is 6.76. The van der Waals surface area contributed by atoms with Crippen molar-refractivity contribution in [2.24, 2.45) is 16.5 Å². The predicted molar refractivity (Wildman–Crippen MR) is 123 cm³/mol. The van der Waals surface area contributed by atoms with E-state index >= 15 is 0 Å². The van der Waals surface area contributed by atoms with Crippen molar-refractivity contribution in [3.63, 3.8) is 0 Å². The monoisotopic (exact) mass is 439 g/mol. The van der Waals surface area contributed by atoms with E-state index in [-0.39, 0.29) is 29.1 Å². The highest BCUT2D eigenvalue weighted by atomic mass is 16.5. The van der Waals surface area contributed by atoms with Crippen LogP contribution in [0.15, 0.2) is 47.2 Å². The number of amides is 2. The Bertz CT molecular complexity index is 981. The summed E-state index contributed by atoms with van der Waals surface area (Å²) < 4.78 is 10.6. The first-order valence-corrected chi connectivity index (χ1v) is 10.1. The molecule has 170 valence electrons. The smallest absolute Gasteiger partial charge is 0.255 e. The lowest BCUT2D eigenvalue weighted by atomic mass is 10.1. The fourth-order valence-electron chi connectivity index (χ4n) is 3.19. The zero-order chi connectivity index (χ0) is 23.7. The number of nitrogens with two attached hydrogens (primary N) is 2. The summed E-state index contributed by atoms with van der Waals surface area (Å²) in [7, 11) is 3.08. The Morgan fingerprint density at radius 2 is 1.94 bits per heavy atom. The fourth-order valence-corrected chi connectivity index (χ4v) is 3.19. The number of hydrogen-bond donors (Lipinski definition) is 3. The van der Waals surface area contributed by atoms with Gasteiger partial charge < -0.3 is 31.2 Å². The zero-order valence-electron chi connectivity index (χ0n) is 18.6. The van der Waals surface area contributed by atoms with Gasteiger partial charge in [-0.2, -0.15) is 0 Å². The molecule has 1 aliphatic rings. The first-order valence-electron chi connectivity index (χ1n) is 10.1. The van der Waals surface area contributed by atoms with Gasteiger partial charge in [-0.25, -0.2) is 0 Å². The molecule has 0 saturated carbocycles. The summed E-state index contributed by atoms with van der Waals surface area (Å²) in [6.07, 6.45) is 1.88. The number of likely N-dealkylation sites (tertiary alicyclic amines) is 1. The molecule has 2 amide bonds. The molecular weight excluding hydrogens is 410 g/mol. The van der Waals surface area contributed by atoms with Gasteiger partial charge in [0.05, 0.1) is 20.3 Å². The number of benzene rings is 1. The average molecular weight is 440 g/mol. The number of aliphatic imine (C=N–C) groups is 1. The van der Waals surface area contributed by atoms with Gasteiger partial charge in [0.25, 0.3) is 5.91 Å². The van der Waals surface area contributed by atoms with E-state index in [4.69, 9.17) is 20.9 Å². The van der Waals surface area contributed by atoms with E-state index in [1.165, 1.54) is 6.08 Å². The third-order valence-electron chi connectivity index (χ3n) is 4.76. The first-order chi connectivity index (χ1) is 15.3. The summed E-state index contributed by atoms with van der Waals surface area (Å²) >= 11 is 0. The highest BCUT2D eigenvalue weighted by Gasteiger charge is 2.26. The number of rotatable bonds is 8. The SMILES string of the molecule is C=CC(=O)N1CC[C@H](/N=C(C#Cc2cc(OC)cc(OC)c2)\C(C(N)=O)=C(/N)NCC)C1. The summed E-state index contributed by atoms with van der Waals surface area (Å²) in [5.41, 5.74) is 12.4. The molecule has 1 atom stereocenters. The number of carbonyl (C=O) groups is 2. The van der Waals surface area contributed by atoms with Gasteiger partial charge in [-0.05, 0) is 37.5 Å². The summed E-state index contributed by atoms with van der Waals surface area (Å²) in [4.78, 5) is 30.4. The number of nitrogens with zero attached hydrogens (tertiary/aromatic N) is 2. The molecule has 0 bridgehead atoms. The Hall–Kier alpha value is -3.93. The van der Waals surface area contributed by atoms with Crippen molar-refractivity contribution in [1.29, 1.82) is 0 Å². The molecule has 0 spiro atoms. The summed E-state index contributed by atoms with van der Waals surface area (Å²) in [5.74, 6) is 6.22. The van der Waals surface area contributed by atoms with E-state index in [2.05, 4.69) is 28.7 Å². The maximum atomic E-state index is 12.2. The van der Waals surface area contributed by atoms with Crippen LogP contribution in [0.3, 0.4) is 0 Å². The van der Waals surface area contributed by atoms with Crippen molar-refractivity contribution >= 4 is 17.5 Å². The van der Waals surface area contributed by atoms with Crippen LogP contribution in [-0.4, -0.2) is 62.3 Å². The van der Waals surface area contributed by atoms with E-state index in [1.807, 2.05) is 6.92 Å². The minimum Gasteiger partial charge on any atom is -0.497 e. The second-order valence-corrected chi connectivity index (χ2v) is 6.94. The number of primary amides is 1. The zero-order valence-corrected chi connectivity index (χ0v) is 18.6. The molecule has 0 radical (unpaired) electrons. The molecular formula is C23H29N5O4. The molecule has 0 aromatic heterocycles. The lowest BCUT2D eigenvalue weighted by Gasteiger charge is -2.13. The Labute approximate surface area is 188 Å². The van der Waals surface area contributed by atoms with Gasteiger partial charge in [0, 0.05) is 31.3 Å². The highest BCUT2D eigenvalue weighted by molar-refractivity contribution is 6.28. The van der Waals surface area contributed by atoms with Crippen LogP contribution in [0.4, 0.5) is 0 Å². The third-order valence-corrected chi connectivity index (χ3v) is 4.76. The summed E-state index contributed by atoms with van der Waals surface area (Å²) in [5, 5.41) is 2.89. The normalized spacial score (nSPS) is 16.4. The minimum absolute atomic E-state index is 0.00251. The molecule has 32 heavy (non-hydrogen) atoms. The molecule has 0 aliphatic carbocycles. The van der Waals surface area contributed by atoms with E-state index in [0.29, 0.717) is 43.1 Å². The van der Waals surface area contributed by atoms with Crippen molar-refractivity contribution in [3.8, 4) is 23.3 Å². The Morgan fingerprint density at radius 1 is 1.28 bits per heavy atom. The summed E-state index contributed by atoms with van der Waals surface area (Å²) in [6, 6.07) is 4.93. The largest absolute Gasteiger partial charge is 0.497 e. The van der Waals surface area contributed by atoms with Crippen LogP contribution in [0.5, 0.6) is 11.5 Å². The van der Waals surface area contributed by atoms with Crippen LogP contribution < -0.4 is 26.3 Å². The van der Waals surface area contributed by atoms with Gasteiger partial charge in [-0.3, -0.25) is 14.6 Å². The molecule has 9 nitrogen and oxygen atoms in total. The van der Waals surface area contributed by atoms with E-state index in [1.54, 1.807) is 37.3 Å². The van der Waals surface area contributed by atoms with Crippen molar-refractivity contribution in [3.05, 3.63) is 47.8 Å². The van der Waals surface area contributed by atoms with Gasteiger partial charge in [-0.1, -0.05) is 12.5 Å². The number of nitrogens with one attached hydrogen (secondary N) is 1. The van der Waals surface area contributed by atoms with Gasteiger partial charge in [0.2, 0.25) is 5.91 Å². The molecule has 1 aliphatic heterocycles. The number of carbonyl (C=O) groups excluding carboxylic acids is 2. The topological polar surface area (TPSA) is 132 Å². The molecule has 5 N–H and O–H groups in total. The molecule has 0 unspecified atom stereocenters. The number of methoxy groups -OCH3 is 2. The Morgan fingerprint density at radius 3 is 2.47 bits per heavy atom. The molecule has 9 heteroatoms. The number of hydrogen-bond acceptors (Lipinski definition) is 7. The molecule has 2 rings (SSSR count). The van der Waals surface area contributed by atoms with Crippen molar-refractivity contribution in [1.82, 2.24) is 10.2 Å². The van der Waals surface area contributed by atoms with Crippen LogP contribution in [0.1, 0.15) is 18.9 Å². The third kappa shape index (κ3) is 6.28. The average Bonchev–Trinajstić information content (AvgIpc) is 3.25. The van der Waals surface area contributed by atoms with Gasteiger partial charge in [-0.15, -0.1) is 0 Å². The van der Waals surface area contributed by atoms with Gasteiger partial charge in [0.15, 0.2) is 0 Å². The van der Waals surface area contributed by atoms with E-state index < -0.39 is 5.91 Å². The lowest BCUT2D eigenvalue weighted by molar-refractivity contribution is -0.125. The highest BCUT2D eigenvalue weighted by Crippen LogP contribution is 2.22. The van der Waals surface area contributed by atoms with Crippen molar-refractivity contribution in [2.75, 3.05) is 33.9 Å². The molecule has 1 aromatic carbocycles. The molecule has 1 aromatic rings. The second-order valence-electron chi connectivity index (χ2n) is 6.94. The first kappa shape index (κ1) is 24.3. The maximum absolute atomic E-state index is 12.2. The maximum Gasteiger partial charge on any atom is 0.255 e. The predicted octanol–water partition coefficient (Wildman–Crippen LogP) is 0.548. The standard InChI is InChI=1S/C23H29N5O4/c1-5-20(29)28-10-9-16(14-28)27-19(21(23(25)30)22(24)26-6-2)8-7-15-11-17(31-3)13-18(12-15)32-4/h5,11-13,16,26H,1,6,9-10,14,24H2,2-4H3,(H2,25,30)/b22-21-,27-19-/t16-/m0/s1. The Balaban J connectivity index is 2.52.